The number of H-pyrrole nitrogens is 1. The van der Waals surface area contributed by atoms with E-state index in [1.54, 1.807) is 31.4 Å². The number of rotatable bonds is 5. The van der Waals surface area contributed by atoms with Crippen molar-refractivity contribution in [2.45, 2.75) is 26.3 Å². The molecule has 0 bridgehead atoms. The Kier molecular flexibility index (Phi) is 4.65. The number of hydrogen-bond acceptors (Lipinski definition) is 4. The largest absolute Gasteiger partial charge is 0.351 e. The highest BCUT2D eigenvalue weighted by molar-refractivity contribution is 5.91. The number of aromatic nitrogens is 3. The Morgan fingerprint density at radius 2 is 2.04 bits per heavy atom. The molecule has 2 aromatic heterocycles. The van der Waals surface area contributed by atoms with E-state index in [0.717, 1.165) is 22.5 Å². The quantitative estimate of drug-likeness (QED) is 0.769. The second kappa shape index (κ2) is 6.88. The highest BCUT2D eigenvalue weighted by atomic mass is 19.1. The van der Waals surface area contributed by atoms with Crippen LogP contribution in [0.3, 0.4) is 0 Å². The second-order valence-electron chi connectivity index (χ2n) is 6.21. The summed E-state index contributed by atoms with van der Waals surface area (Å²) in [7, 11) is 1.68. The third kappa shape index (κ3) is 3.60. The molecule has 25 heavy (non-hydrogen) atoms. The first-order valence-electron chi connectivity index (χ1n) is 7.96. The minimum absolute atomic E-state index is 0.189. The first-order chi connectivity index (χ1) is 12.0. The van der Waals surface area contributed by atoms with Gasteiger partial charge in [0, 0.05) is 30.8 Å². The van der Waals surface area contributed by atoms with Gasteiger partial charge < -0.3 is 9.42 Å². The van der Waals surface area contributed by atoms with Crippen molar-refractivity contribution < 1.29 is 13.7 Å². The van der Waals surface area contributed by atoms with Crippen molar-refractivity contribution in [2.24, 2.45) is 0 Å². The number of nitrogens with one attached hydrogen (secondary N) is 1. The van der Waals surface area contributed by atoms with Gasteiger partial charge in [-0.25, -0.2) is 4.39 Å². The van der Waals surface area contributed by atoms with Crippen molar-refractivity contribution in [3.05, 3.63) is 59.4 Å². The van der Waals surface area contributed by atoms with Gasteiger partial charge >= 0.3 is 0 Å². The van der Waals surface area contributed by atoms with Gasteiger partial charge in [-0.15, -0.1) is 0 Å². The first kappa shape index (κ1) is 16.9. The molecule has 0 spiro atoms. The predicted molar refractivity (Wildman–Crippen MR) is 90.4 cm³/mol. The molecule has 6 nitrogen and oxygen atoms in total. The van der Waals surface area contributed by atoms with Crippen molar-refractivity contribution in [2.75, 3.05) is 7.05 Å². The van der Waals surface area contributed by atoms with Gasteiger partial charge in [0.2, 0.25) is 5.76 Å². The molecule has 0 aliphatic heterocycles. The fourth-order valence-electron chi connectivity index (χ4n) is 2.47. The lowest BCUT2D eigenvalue weighted by molar-refractivity contribution is 0.0743. The third-order valence-electron chi connectivity index (χ3n) is 3.94. The molecule has 0 atom stereocenters. The van der Waals surface area contributed by atoms with E-state index in [0.29, 0.717) is 6.54 Å². The predicted octanol–water partition coefficient (Wildman–Crippen LogP) is 3.60. The molecule has 0 unspecified atom stereocenters. The zero-order valence-corrected chi connectivity index (χ0v) is 14.3. The monoisotopic (exact) mass is 342 g/mol. The van der Waals surface area contributed by atoms with E-state index in [-0.39, 0.29) is 23.4 Å². The highest BCUT2D eigenvalue weighted by Gasteiger charge is 2.20. The second-order valence-corrected chi connectivity index (χ2v) is 6.21. The van der Waals surface area contributed by atoms with Crippen LogP contribution in [0.25, 0.3) is 11.3 Å². The molecule has 0 radical (unpaired) electrons. The number of hydrogen-bond donors (Lipinski definition) is 1. The summed E-state index contributed by atoms with van der Waals surface area (Å²) < 4.78 is 18.2. The van der Waals surface area contributed by atoms with Crippen LogP contribution in [0.4, 0.5) is 4.39 Å². The molecule has 7 heteroatoms. The molecule has 0 fully saturated rings. The number of carbonyl (C=O) groups is 1. The smallest absolute Gasteiger partial charge is 0.292 e. The van der Waals surface area contributed by atoms with E-state index < -0.39 is 0 Å². The van der Waals surface area contributed by atoms with Crippen LogP contribution < -0.4 is 0 Å². The zero-order valence-electron chi connectivity index (χ0n) is 14.3. The van der Waals surface area contributed by atoms with Gasteiger partial charge in [-0.3, -0.25) is 9.89 Å². The van der Waals surface area contributed by atoms with E-state index >= 15 is 0 Å². The van der Waals surface area contributed by atoms with Crippen molar-refractivity contribution in [3.63, 3.8) is 0 Å². The average molecular weight is 342 g/mol. The lowest BCUT2D eigenvalue weighted by atomic mass is 10.1. The molecule has 0 saturated carbocycles. The lowest BCUT2D eigenvalue weighted by Gasteiger charge is -2.15. The third-order valence-corrected chi connectivity index (χ3v) is 3.94. The van der Waals surface area contributed by atoms with Gasteiger partial charge in [0.15, 0.2) is 0 Å². The molecule has 0 aliphatic rings. The number of nitrogens with zero attached hydrogens (tertiary/aromatic N) is 3. The molecule has 3 aromatic rings. The lowest BCUT2D eigenvalue weighted by Crippen LogP contribution is -2.25. The summed E-state index contributed by atoms with van der Waals surface area (Å²) in [5.74, 6) is -0.165. The maximum Gasteiger partial charge on any atom is 0.292 e. The van der Waals surface area contributed by atoms with Crippen molar-refractivity contribution >= 4 is 5.91 Å². The Hall–Kier alpha value is -2.96. The van der Waals surface area contributed by atoms with Gasteiger partial charge in [-0.05, 0) is 30.2 Å². The van der Waals surface area contributed by atoms with Gasteiger partial charge in [0.25, 0.3) is 5.91 Å². The van der Waals surface area contributed by atoms with Crippen LogP contribution in [0.15, 0.2) is 41.1 Å². The minimum Gasteiger partial charge on any atom is -0.351 e. The Morgan fingerprint density at radius 3 is 2.68 bits per heavy atom. The number of aromatic amines is 1. The van der Waals surface area contributed by atoms with Gasteiger partial charge in [0.05, 0.1) is 17.6 Å². The molecule has 1 N–H and O–H groups in total. The topological polar surface area (TPSA) is 75.0 Å². The number of halogens is 1. The van der Waals surface area contributed by atoms with Crippen LogP contribution in [0.1, 0.15) is 41.6 Å². The van der Waals surface area contributed by atoms with Crippen LogP contribution in [0, 0.1) is 5.82 Å². The van der Waals surface area contributed by atoms with Gasteiger partial charge in [-0.1, -0.05) is 19.0 Å². The maximum atomic E-state index is 13.1. The summed E-state index contributed by atoms with van der Waals surface area (Å²) in [5, 5.41) is 10.9. The Morgan fingerprint density at radius 1 is 1.32 bits per heavy atom. The van der Waals surface area contributed by atoms with Crippen LogP contribution in [-0.4, -0.2) is 33.2 Å². The summed E-state index contributed by atoms with van der Waals surface area (Å²) in [6.45, 7) is 4.30. The Balaban J connectivity index is 1.77. The molecule has 1 aromatic carbocycles. The van der Waals surface area contributed by atoms with E-state index in [2.05, 4.69) is 15.4 Å². The molecule has 1 amide bonds. The molecule has 3 rings (SSSR count). The SMILES string of the molecule is CC(C)c1cc(C(=O)N(C)Cc2cn[nH]c2-c2ccc(F)cc2)on1. The van der Waals surface area contributed by atoms with Crippen LogP contribution >= 0.6 is 0 Å². The standard InChI is InChI=1S/C18H19FN4O2/c1-11(2)15-8-16(25-22-15)18(24)23(3)10-13-9-20-21-17(13)12-4-6-14(19)7-5-12/h4-9,11H,10H2,1-3H3,(H,20,21). The summed E-state index contributed by atoms with van der Waals surface area (Å²) in [6.07, 6.45) is 1.66. The minimum atomic E-state index is -0.302. The average Bonchev–Trinajstić information content (AvgIpc) is 3.24. The number of carbonyl (C=O) groups excluding carboxylic acids is 1. The van der Waals surface area contributed by atoms with Crippen LogP contribution in [0.2, 0.25) is 0 Å². The van der Waals surface area contributed by atoms with E-state index in [4.69, 9.17) is 4.52 Å². The summed E-state index contributed by atoms with van der Waals surface area (Å²) in [6, 6.07) is 7.77. The molecule has 0 saturated heterocycles. The summed E-state index contributed by atoms with van der Waals surface area (Å²) in [4.78, 5) is 14.0. The van der Waals surface area contributed by atoms with E-state index in [1.807, 2.05) is 13.8 Å². The van der Waals surface area contributed by atoms with E-state index in [1.165, 1.54) is 17.0 Å². The van der Waals surface area contributed by atoms with Crippen molar-refractivity contribution in [1.82, 2.24) is 20.3 Å². The normalized spacial score (nSPS) is 11.1. The van der Waals surface area contributed by atoms with E-state index in [9.17, 15) is 9.18 Å². The maximum absolute atomic E-state index is 13.1. The number of benzene rings is 1. The number of amides is 1. The van der Waals surface area contributed by atoms with Crippen LogP contribution in [0.5, 0.6) is 0 Å². The van der Waals surface area contributed by atoms with Crippen molar-refractivity contribution in [1.29, 1.82) is 0 Å². The van der Waals surface area contributed by atoms with Gasteiger partial charge in [0.1, 0.15) is 5.82 Å². The molecular formula is C18H19FN4O2. The molecular weight excluding hydrogens is 323 g/mol. The Bertz CT molecular complexity index is 867. The molecule has 0 aliphatic carbocycles. The molecule has 130 valence electrons. The molecule has 2 heterocycles. The van der Waals surface area contributed by atoms with Gasteiger partial charge in [-0.2, -0.15) is 5.10 Å². The Labute approximate surface area is 144 Å². The highest BCUT2D eigenvalue weighted by Crippen LogP contribution is 2.23. The first-order valence-corrected chi connectivity index (χ1v) is 7.96. The summed E-state index contributed by atoms with van der Waals surface area (Å²) in [5.41, 5.74) is 3.12. The summed E-state index contributed by atoms with van der Waals surface area (Å²) >= 11 is 0. The van der Waals surface area contributed by atoms with Crippen LogP contribution in [-0.2, 0) is 6.54 Å². The zero-order chi connectivity index (χ0) is 18.0. The fraction of sp³-hybridized carbons (Fsp3) is 0.278. The fourth-order valence-corrected chi connectivity index (χ4v) is 2.47. The van der Waals surface area contributed by atoms with Crippen molar-refractivity contribution in [3.8, 4) is 11.3 Å².